The third-order valence-corrected chi connectivity index (χ3v) is 4.00. The Morgan fingerprint density at radius 1 is 1.26 bits per heavy atom. The number of nitrogens with one attached hydrogen (secondary N) is 2. The quantitative estimate of drug-likeness (QED) is 0.752. The molecule has 1 amide bonds. The summed E-state index contributed by atoms with van der Waals surface area (Å²) in [6.45, 7) is 2.51. The van der Waals surface area contributed by atoms with Gasteiger partial charge in [-0.3, -0.25) is 4.79 Å². The Hall–Kier alpha value is -2.07. The van der Waals surface area contributed by atoms with E-state index in [1.165, 1.54) is 0 Å². The van der Waals surface area contributed by atoms with Crippen LogP contribution in [0.5, 0.6) is 0 Å². The molecule has 0 saturated heterocycles. The monoisotopic (exact) mass is 270 g/mol. The number of para-hydroxylation sites is 1. The van der Waals surface area contributed by atoms with Gasteiger partial charge in [-0.1, -0.05) is 24.3 Å². The molecule has 96 valence electrons. The number of thiophene rings is 1. The van der Waals surface area contributed by atoms with Crippen LogP contribution in [0.25, 0.3) is 10.9 Å². The van der Waals surface area contributed by atoms with Gasteiger partial charge >= 0.3 is 0 Å². The molecule has 0 unspecified atom stereocenters. The highest BCUT2D eigenvalue weighted by atomic mass is 32.1. The van der Waals surface area contributed by atoms with E-state index >= 15 is 0 Å². The van der Waals surface area contributed by atoms with Crippen molar-refractivity contribution in [2.75, 3.05) is 0 Å². The van der Waals surface area contributed by atoms with Crippen LogP contribution in [-0.2, 0) is 6.54 Å². The van der Waals surface area contributed by atoms with E-state index in [0.29, 0.717) is 6.54 Å². The number of H-pyrrole nitrogens is 1. The summed E-state index contributed by atoms with van der Waals surface area (Å²) in [5.41, 5.74) is 2.65. The minimum atomic E-state index is -0.0247. The standard InChI is InChI=1S/C15H14N2OS/c1-10-14(12-6-2-3-7-13(12)17-10)15(18)16-9-11-5-4-8-19-11/h2-8,17H,9H2,1H3,(H,16,18). The van der Waals surface area contributed by atoms with E-state index in [4.69, 9.17) is 0 Å². The molecule has 0 saturated carbocycles. The predicted octanol–water partition coefficient (Wildman–Crippen LogP) is 3.47. The highest BCUT2D eigenvalue weighted by Crippen LogP contribution is 2.21. The predicted molar refractivity (Wildman–Crippen MR) is 78.5 cm³/mol. The van der Waals surface area contributed by atoms with Crippen LogP contribution in [-0.4, -0.2) is 10.9 Å². The smallest absolute Gasteiger partial charge is 0.254 e. The molecule has 0 fully saturated rings. The first-order valence-corrected chi connectivity index (χ1v) is 7.01. The number of fused-ring (bicyclic) bond motifs is 1. The normalized spacial score (nSPS) is 10.8. The second-order valence-corrected chi connectivity index (χ2v) is 5.46. The summed E-state index contributed by atoms with van der Waals surface area (Å²) in [5, 5.41) is 5.96. The molecule has 0 bridgehead atoms. The Morgan fingerprint density at radius 2 is 2.11 bits per heavy atom. The van der Waals surface area contributed by atoms with E-state index in [1.54, 1.807) is 11.3 Å². The Kier molecular flexibility index (Phi) is 3.09. The minimum Gasteiger partial charge on any atom is -0.358 e. The number of carbonyl (C=O) groups is 1. The minimum absolute atomic E-state index is 0.0247. The number of benzene rings is 1. The highest BCUT2D eigenvalue weighted by Gasteiger charge is 2.15. The molecule has 0 atom stereocenters. The van der Waals surface area contributed by atoms with E-state index in [0.717, 1.165) is 27.0 Å². The number of amides is 1. The van der Waals surface area contributed by atoms with Crippen molar-refractivity contribution in [3.8, 4) is 0 Å². The van der Waals surface area contributed by atoms with Gasteiger partial charge in [0.25, 0.3) is 5.91 Å². The van der Waals surface area contributed by atoms with E-state index in [-0.39, 0.29) is 5.91 Å². The van der Waals surface area contributed by atoms with Gasteiger partial charge in [0, 0.05) is 21.5 Å². The summed E-state index contributed by atoms with van der Waals surface area (Å²) in [6.07, 6.45) is 0. The number of rotatable bonds is 3. The first-order valence-electron chi connectivity index (χ1n) is 6.13. The van der Waals surface area contributed by atoms with Crippen molar-refractivity contribution in [1.82, 2.24) is 10.3 Å². The topological polar surface area (TPSA) is 44.9 Å². The molecule has 4 heteroatoms. The maximum absolute atomic E-state index is 12.3. The zero-order valence-corrected chi connectivity index (χ0v) is 11.4. The number of aromatic nitrogens is 1. The average molecular weight is 270 g/mol. The second-order valence-electron chi connectivity index (χ2n) is 4.43. The number of hydrogen-bond acceptors (Lipinski definition) is 2. The number of aromatic amines is 1. The van der Waals surface area contributed by atoms with Gasteiger partial charge in [-0.2, -0.15) is 0 Å². The summed E-state index contributed by atoms with van der Waals surface area (Å²) < 4.78 is 0. The molecule has 3 nitrogen and oxygen atoms in total. The molecule has 19 heavy (non-hydrogen) atoms. The average Bonchev–Trinajstić information content (AvgIpc) is 3.02. The molecule has 2 heterocycles. The molecule has 0 aliphatic rings. The molecule has 1 aromatic carbocycles. The van der Waals surface area contributed by atoms with Crippen LogP contribution in [0.4, 0.5) is 0 Å². The van der Waals surface area contributed by atoms with Gasteiger partial charge < -0.3 is 10.3 Å². The first kappa shape index (κ1) is 12.0. The Balaban J connectivity index is 1.87. The maximum Gasteiger partial charge on any atom is 0.254 e. The first-order chi connectivity index (χ1) is 9.25. The van der Waals surface area contributed by atoms with Crippen molar-refractivity contribution in [3.05, 3.63) is 57.9 Å². The Labute approximate surface area is 115 Å². The Bertz CT molecular complexity index is 713. The van der Waals surface area contributed by atoms with Gasteiger partial charge in [0.05, 0.1) is 12.1 Å². The maximum atomic E-state index is 12.3. The van der Waals surface area contributed by atoms with Crippen molar-refractivity contribution in [1.29, 1.82) is 0 Å². The van der Waals surface area contributed by atoms with Crippen LogP contribution in [0, 0.1) is 6.92 Å². The third kappa shape index (κ3) is 2.27. The number of aryl methyl sites for hydroxylation is 1. The zero-order valence-electron chi connectivity index (χ0n) is 10.6. The highest BCUT2D eigenvalue weighted by molar-refractivity contribution is 7.09. The van der Waals surface area contributed by atoms with Crippen molar-refractivity contribution in [2.45, 2.75) is 13.5 Å². The lowest BCUT2D eigenvalue weighted by Gasteiger charge is -2.03. The van der Waals surface area contributed by atoms with Gasteiger partial charge in [0.15, 0.2) is 0 Å². The second kappa shape index (κ2) is 4.90. The summed E-state index contributed by atoms with van der Waals surface area (Å²) in [7, 11) is 0. The zero-order chi connectivity index (χ0) is 13.2. The van der Waals surface area contributed by atoms with E-state index in [2.05, 4.69) is 10.3 Å². The van der Waals surface area contributed by atoms with Gasteiger partial charge in [-0.05, 0) is 24.4 Å². The number of carbonyl (C=O) groups excluding carboxylic acids is 1. The van der Waals surface area contributed by atoms with Crippen molar-refractivity contribution < 1.29 is 4.79 Å². The van der Waals surface area contributed by atoms with Gasteiger partial charge in [-0.25, -0.2) is 0 Å². The molecule has 3 rings (SSSR count). The van der Waals surface area contributed by atoms with Gasteiger partial charge in [0.1, 0.15) is 0 Å². The Morgan fingerprint density at radius 3 is 2.89 bits per heavy atom. The lowest BCUT2D eigenvalue weighted by atomic mass is 10.1. The van der Waals surface area contributed by atoms with Crippen LogP contribution in [0.3, 0.4) is 0 Å². The molecule has 0 aliphatic heterocycles. The van der Waals surface area contributed by atoms with Crippen LogP contribution in [0.2, 0.25) is 0 Å². The largest absolute Gasteiger partial charge is 0.358 e. The van der Waals surface area contributed by atoms with E-state index < -0.39 is 0 Å². The summed E-state index contributed by atoms with van der Waals surface area (Å²) >= 11 is 1.65. The van der Waals surface area contributed by atoms with Gasteiger partial charge in [0.2, 0.25) is 0 Å². The summed E-state index contributed by atoms with van der Waals surface area (Å²) in [5.74, 6) is -0.0247. The summed E-state index contributed by atoms with van der Waals surface area (Å²) in [6, 6.07) is 11.9. The molecule has 2 aromatic heterocycles. The van der Waals surface area contributed by atoms with Crippen LogP contribution >= 0.6 is 11.3 Å². The fourth-order valence-corrected chi connectivity index (χ4v) is 2.88. The lowest BCUT2D eigenvalue weighted by Crippen LogP contribution is -2.22. The molecule has 2 N–H and O–H groups in total. The molecular formula is C15H14N2OS. The van der Waals surface area contributed by atoms with Crippen molar-refractivity contribution in [2.24, 2.45) is 0 Å². The van der Waals surface area contributed by atoms with Crippen LogP contribution in [0.15, 0.2) is 41.8 Å². The fourth-order valence-electron chi connectivity index (χ4n) is 2.24. The molecule has 0 aliphatic carbocycles. The van der Waals surface area contributed by atoms with Crippen LogP contribution < -0.4 is 5.32 Å². The molecule has 3 aromatic rings. The fraction of sp³-hybridized carbons (Fsp3) is 0.133. The van der Waals surface area contributed by atoms with E-state index in [1.807, 2.05) is 48.7 Å². The van der Waals surface area contributed by atoms with Gasteiger partial charge in [-0.15, -0.1) is 11.3 Å². The molecule has 0 radical (unpaired) electrons. The summed E-state index contributed by atoms with van der Waals surface area (Å²) in [4.78, 5) is 16.7. The molecular weight excluding hydrogens is 256 g/mol. The van der Waals surface area contributed by atoms with Crippen molar-refractivity contribution in [3.63, 3.8) is 0 Å². The lowest BCUT2D eigenvalue weighted by molar-refractivity contribution is 0.0952. The molecule has 0 spiro atoms. The van der Waals surface area contributed by atoms with E-state index in [9.17, 15) is 4.79 Å². The van der Waals surface area contributed by atoms with Crippen molar-refractivity contribution >= 4 is 28.1 Å². The number of hydrogen-bond donors (Lipinski definition) is 2. The van der Waals surface area contributed by atoms with Crippen LogP contribution in [0.1, 0.15) is 20.9 Å². The third-order valence-electron chi connectivity index (χ3n) is 3.12. The SMILES string of the molecule is Cc1[nH]c2ccccc2c1C(=O)NCc1cccs1.